The van der Waals surface area contributed by atoms with Crippen molar-refractivity contribution in [2.24, 2.45) is 0 Å². The average molecular weight is 390 g/mol. The molecule has 0 aliphatic carbocycles. The van der Waals surface area contributed by atoms with Crippen LogP contribution in [0.25, 0.3) is 22.1 Å². The molecule has 3 aromatic rings. The van der Waals surface area contributed by atoms with Crippen LogP contribution in [0.15, 0.2) is 51.7 Å². The molecule has 3 rings (SSSR count). The minimum absolute atomic E-state index is 0.194. The van der Waals surface area contributed by atoms with Crippen LogP contribution in [-0.4, -0.2) is 18.6 Å². The maximum absolute atomic E-state index is 13.3. The summed E-state index contributed by atoms with van der Waals surface area (Å²) in [6.45, 7) is 3.70. The highest BCUT2D eigenvalue weighted by Crippen LogP contribution is 2.34. The zero-order valence-corrected chi connectivity index (χ0v) is 15.5. The second-order valence-corrected chi connectivity index (χ2v) is 6.34. The van der Waals surface area contributed by atoms with Gasteiger partial charge in [-0.2, -0.15) is 0 Å². The number of benzene rings is 2. The minimum atomic E-state index is -0.566. The third-order valence-electron chi connectivity index (χ3n) is 3.99. The molecule has 1 heterocycles. The van der Waals surface area contributed by atoms with Gasteiger partial charge in [0.05, 0.1) is 11.6 Å². The molecule has 1 atom stereocenters. The molecular formula is C20H17ClFNO4. The van der Waals surface area contributed by atoms with Gasteiger partial charge in [-0.1, -0.05) is 11.6 Å². The summed E-state index contributed by atoms with van der Waals surface area (Å²) in [6.07, 6.45) is 0. The number of ether oxygens (including phenoxy) is 1. The molecule has 0 fully saturated rings. The van der Waals surface area contributed by atoms with Gasteiger partial charge in [-0.05, 0) is 44.2 Å². The predicted molar refractivity (Wildman–Crippen MR) is 103 cm³/mol. The highest BCUT2D eigenvalue weighted by molar-refractivity contribution is 6.33. The summed E-state index contributed by atoms with van der Waals surface area (Å²) in [4.78, 5) is 23.8. The number of nitrogens with one attached hydrogen (secondary N) is 1. The van der Waals surface area contributed by atoms with E-state index in [0.29, 0.717) is 34.4 Å². The van der Waals surface area contributed by atoms with Gasteiger partial charge >= 0.3 is 11.6 Å². The molecule has 0 aliphatic rings. The summed E-state index contributed by atoms with van der Waals surface area (Å²) in [7, 11) is 0. The Balaban J connectivity index is 2.03. The van der Waals surface area contributed by atoms with Crippen LogP contribution in [0.5, 0.6) is 0 Å². The smallest absolute Gasteiger partial charge is 0.336 e. The van der Waals surface area contributed by atoms with Gasteiger partial charge in [0.25, 0.3) is 0 Å². The third kappa shape index (κ3) is 4.11. The standard InChI is InChI=1S/C20H17ClFNO4/c1-3-26-20(25)11(2)23-13-5-7-15-16(10-19(24)27-18(15)9-13)14-6-4-12(22)8-17(14)21/h4-11,23H,3H2,1-2H3. The first-order valence-corrected chi connectivity index (χ1v) is 8.73. The zero-order valence-electron chi connectivity index (χ0n) is 14.7. The Morgan fingerprint density at radius 3 is 2.70 bits per heavy atom. The lowest BCUT2D eigenvalue weighted by atomic mass is 10.0. The van der Waals surface area contributed by atoms with Crippen LogP contribution in [0.4, 0.5) is 10.1 Å². The third-order valence-corrected chi connectivity index (χ3v) is 4.30. The average Bonchev–Trinajstić information content (AvgIpc) is 2.61. The van der Waals surface area contributed by atoms with Crippen molar-refractivity contribution in [3.8, 4) is 11.1 Å². The molecule has 0 saturated heterocycles. The van der Waals surface area contributed by atoms with Crippen molar-refractivity contribution in [1.82, 2.24) is 0 Å². The number of anilines is 1. The lowest BCUT2D eigenvalue weighted by molar-refractivity contribution is -0.143. The molecule has 0 spiro atoms. The Labute approximate surface area is 159 Å². The highest BCUT2D eigenvalue weighted by Gasteiger charge is 2.15. The van der Waals surface area contributed by atoms with E-state index < -0.39 is 17.5 Å². The molecule has 1 aromatic heterocycles. The molecule has 27 heavy (non-hydrogen) atoms. The first-order valence-electron chi connectivity index (χ1n) is 8.35. The van der Waals surface area contributed by atoms with E-state index in [-0.39, 0.29) is 11.0 Å². The summed E-state index contributed by atoms with van der Waals surface area (Å²) in [6, 6.07) is 9.84. The predicted octanol–water partition coefficient (Wildman–Crippen LogP) is 4.62. The molecule has 0 saturated carbocycles. The van der Waals surface area contributed by atoms with Crippen LogP contribution in [-0.2, 0) is 9.53 Å². The van der Waals surface area contributed by atoms with Crippen molar-refractivity contribution in [1.29, 1.82) is 0 Å². The van der Waals surface area contributed by atoms with E-state index in [4.69, 9.17) is 20.8 Å². The molecule has 0 radical (unpaired) electrons. The summed E-state index contributed by atoms with van der Waals surface area (Å²) >= 11 is 6.15. The quantitative estimate of drug-likeness (QED) is 0.509. The van der Waals surface area contributed by atoms with Crippen molar-refractivity contribution < 1.29 is 18.3 Å². The fourth-order valence-electron chi connectivity index (χ4n) is 2.76. The molecule has 2 aromatic carbocycles. The molecule has 7 heteroatoms. The summed E-state index contributed by atoms with van der Waals surface area (Å²) < 4.78 is 23.6. The number of carbonyl (C=O) groups is 1. The summed E-state index contributed by atoms with van der Waals surface area (Å²) in [5.74, 6) is -0.846. The van der Waals surface area contributed by atoms with Gasteiger partial charge in [0.2, 0.25) is 0 Å². The lowest BCUT2D eigenvalue weighted by Gasteiger charge is -2.14. The van der Waals surface area contributed by atoms with E-state index in [1.807, 2.05) is 0 Å². The van der Waals surface area contributed by atoms with E-state index >= 15 is 0 Å². The topological polar surface area (TPSA) is 68.5 Å². The van der Waals surface area contributed by atoms with Gasteiger partial charge in [0, 0.05) is 34.3 Å². The second kappa shape index (κ2) is 7.80. The second-order valence-electron chi connectivity index (χ2n) is 5.93. The molecule has 0 aliphatic heterocycles. The Morgan fingerprint density at radius 1 is 1.22 bits per heavy atom. The largest absolute Gasteiger partial charge is 0.464 e. The number of carbonyl (C=O) groups excluding carboxylic acids is 1. The van der Waals surface area contributed by atoms with E-state index in [2.05, 4.69) is 5.32 Å². The van der Waals surface area contributed by atoms with E-state index in [0.717, 1.165) is 0 Å². The van der Waals surface area contributed by atoms with E-state index in [1.165, 1.54) is 24.3 Å². The Morgan fingerprint density at radius 2 is 2.00 bits per heavy atom. The number of esters is 1. The van der Waals surface area contributed by atoms with Crippen LogP contribution in [0, 0.1) is 5.82 Å². The van der Waals surface area contributed by atoms with Crippen LogP contribution >= 0.6 is 11.6 Å². The Bertz CT molecular complexity index is 1060. The van der Waals surface area contributed by atoms with Crippen molar-refractivity contribution in [2.45, 2.75) is 19.9 Å². The number of fused-ring (bicyclic) bond motifs is 1. The zero-order chi connectivity index (χ0) is 19.6. The SMILES string of the molecule is CCOC(=O)C(C)Nc1ccc2c(-c3ccc(F)cc3Cl)cc(=O)oc2c1. The molecule has 140 valence electrons. The van der Waals surface area contributed by atoms with Crippen molar-refractivity contribution in [3.63, 3.8) is 0 Å². The van der Waals surface area contributed by atoms with Crippen LogP contribution in [0.2, 0.25) is 5.02 Å². The maximum atomic E-state index is 13.3. The maximum Gasteiger partial charge on any atom is 0.336 e. The van der Waals surface area contributed by atoms with Gasteiger partial charge < -0.3 is 14.5 Å². The highest BCUT2D eigenvalue weighted by atomic mass is 35.5. The van der Waals surface area contributed by atoms with Crippen molar-refractivity contribution >= 4 is 34.2 Å². The number of halogens is 2. The Kier molecular flexibility index (Phi) is 5.46. The van der Waals surface area contributed by atoms with Crippen molar-refractivity contribution in [3.05, 3.63) is 63.7 Å². The van der Waals surface area contributed by atoms with Crippen molar-refractivity contribution in [2.75, 3.05) is 11.9 Å². The molecule has 1 N–H and O–H groups in total. The minimum Gasteiger partial charge on any atom is -0.464 e. The molecule has 1 unspecified atom stereocenters. The molecule has 0 amide bonds. The first kappa shape index (κ1) is 18.9. The first-order chi connectivity index (χ1) is 12.9. The van der Waals surface area contributed by atoms with E-state index in [1.54, 1.807) is 32.0 Å². The molecular weight excluding hydrogens is 373 g/mol. The molecule has 0 bridgehead atoms. The lowest BCUT2D eigenvalue weighted by Crippen LogP contribution is -2.28. The Hall–Kier alpha value is -2.86. The van der Waals surface area contributed by atoms with Crippen LogP contribution in [0.3, 0.4) is 0 Å². The fourth-order valence-corrected chi connectivity index (χ4v) is 3.03. The van der Waals surface area contributed by atoms with Crippen LogP contribution < -0.4 is 10.9 Å². The van der Waals surface area contributed by atoms with Gasteiger partial charge in [-0.3, -0.25) is 0 Å². The summed E-state index contributed by atoms with van der Waals surface area (Å²) in [5, 5.41) is 3.83. The fraction of sp³-hybridized carbons (Fsp3) is 0.200. The van der Waals surface area contributed by atoms with Gasteiger partial charge in [-0.25, -0.2) is 14.0 Å². The number of hydrogen-bond acceptors (Lipinski definition) is 5. The van der Waals surface area contributed by atoms with Gasteiger partial charge in [0.1, 0.15) is 17.4 Å². The summed E-state index contributed by atoms with van der Waals surface area (Å²) in [5.41, 5.74) is 1.41. The monoisotopic (exact) mass is 389 g/mol. The normalized spacial score (nSPS) is 12.0. The van der Waals surface area contributed by atoms with E-state index in [9.17, 15) is 14.0 Å². The number of hydrogen-bond donors (Lipinski definition) is 1. The van der Waals surface area contributed by atoms with Crippen LogP contribution in [0.1, 0.15) is 13.8 Å². The number of rotatable bonds is 5. The molecule has 5 nitrogen and oxygen atoms in total. The van der Waals surface area contributed by atoms with Gasteiger partial charge in [-0.15, -0.1) is 0 Å². The van der Waals surface area contributed by atoms with Gasteiger partial charge in [0.15, 0.2) is 0 Å².